The number of carbonyl (C=O) groups is 1. The molecule has 0 bridgehead atoms. The third-order valence-corrected chi connectivity index (χ3v) is 5.38. The molecule has 2 aromatic rings. The Bertz CT molecular complexity index is 776. The SMILES string of the molecule is O=C(c1ccc(N2CCC[C@H](O)C2)nc1)N1CCC(Oc2cccnc2)CC1. The lowest BCUT2D eigenvalue weighted by atomic mass is 10.1. The van der Waals surface area contributed by atoms with Gasteiger partial charge in [0.05, 0.1) is 17.9 Å². The monoisotopic (exact) mass is 382 g/mol. The number of aromatic nitrogens is 2. The highest BCUT2D eigenvalue weighted by atomic mass is 16.5. The van der Waals surface area contributed by atoms with Crippen LogP contribution in [-0.4, -0.2) is 64.3 Å². The fourth-order valence-corrected chi connectivity index (χ4v) is 3.83. The summed E-state index contributed by atoms with van der Waals surface area (Å²) in [4.78, 5) is 25.2. The van der Waals surface area contributed by atoms with Gasteiger partial charge in [0.2, 0.25) is 0 Å². The molecule has 0 saturated carbocycles. The van der Waals surface area contributed by atoms with Crippen LogP contribution < -0.4 is 9.64 Å². The Morgan fingerprint density at radius 1 is 1.11 bits per heavy atom. The van der Waals surface area contributed by atoms with E-state index < -0.39 is 0 Å². The summed E-state index contributed by atoms with van der Waals surface area (Å²) in [6, 6.07) is 7.47. The van der Waals surface area contributed by atoms with Gasteiger partial charge in [-0.3, -0.25) is 9.78 Å². The van der Waals surface area contributed by atoms with Crippen LogP contribution in [0.25, 0.3) is 0 Å². The fraction of sp³-hybridized carbons (Fsp3) is 0.476. The number of piperidine rings is 2. The topological polar surface area (TPSA) is 78.8 Å². The maximum atomic E-state index is 12.8. The minimum atomic E-state index is -0.299. The molecule has 2 aliphatic rings. The van der Waals surface area contributed by atoms with Crippen LogP contribution in [-0.2, 0) is 0 Å². The third-order valence-electron chi connectivity index (χ3n) is 5.38. The molecule has 1 atom stereocenters. The number of likely N-dealkylation sites (tertiary alicyclic amines) is 1. The number of nitrogens with zero attached hydrogens (tertiary/aromatic N) is 4. The summed E-state index contributed by atoms with van der Waals surface area (Å²) >= 11 is 0. The lowest BCUT2D eigenvalue weighted by Crippen LogP contribution is -2.42. The van der Waals surface area contributed by atoms with E-state index in [1.807, 2.05) is 29.2 Å². The molecular formula is C21H26N4O3. The summed E-state index contributed by atoms with van der Waals surface area (Å²) in [5, 5.41) is 9.82. The van der Waals surface area contributed by atoms with Crippen molar-refractivity contribution in [1.82, 2.24) is 14.9 Å². The molecule has 2 fully saturated rings. The first-order valence-electron chi connectivity index (χ1n) is 9.94. The molecule has 4 heterocycles. The normalized spacial score (nSPS) is 20.8. The third kappa shape index (κ3) is 4.42. The Balaban J connectivity index is 1.31. The quantitative estimate of drug-likeness (QED) is 0.873. The first-order chi connectivity index (χ1) is 13.7. The van der Waals surface area contributed by atoms with Crippen LogP contribution in [0.4, 0.5) is 5.82 Å². The average Bonchev–Trinajstić information content (AvgIpc) is 2.75. The van der Waals surface area contributed by atoms with E-state index in [-0.39, 0.29) is 18.1 Å². The molecule has 0 spiro atoms. The number of amides is 1. The molecule has 2 aliphatic heterocycles. The van der Waals surface area contributed by atoms with Crippen LogP contribution in [0, 0.1) is 0 Å². The zero-order valence-corrected chi connectivity index (χ0v) is 15.9. The zero-order valence-electron chi connectivity index (χ0n) is 15.9. The van der Waals surface area contributed by atoms with E-state index in [4.69, 9.17) is 4.74 Å². The number of hydrogen-bond donors (Lipinski definition) is 1. The molecule has 28 heavy (non-hydrogen) atoms. The average molecular weight is 382 g/mol. The predicted molar refractivity (Wildman–Crippen MR) is 105 cm³/mol. The largest absolute Gasteiger partial charge is 0.489 e. The fourth-order valence-electron chi connectivity index (χ4n) is 3.83. The number of carbonyl (C=O) groups excluding carboxylic acids is 1. The number of anilines is 1. The van der Waals surface area contributed by atoms with Gasteiger partial charge in [-0.05, 0) is 37.1 Å². The highest BCUT2D eigenvalue weighted by molar-refractivity contribution is 5.94. The molecule has 7 heteroatoms. The maximum Gasteiger partial charge on any atom is 0.255 e. The van der Waals surface area contributed by atoms with Crippen LogP contribution in [0.5, 0.6) is 5.75 Å². The van der Waals surface area contributed by atoms with Crippen molar-refractivity contribution in [2.24, 2.45) is 0 Å². The highest BCUT2D eigenvalue weighted by Crippen LogP contribution is 2.21. The van der Waals surface area contributed by atoms with E-state index in [2.05, 4.69) is 14.9 Å². The van der Waals surface area contributed by atoms with Crippen LogP contribution in [0.1, 0.15) is 36.0 Å². The van der Waals surface area contributed by atoms with E-state index in [0.29, 0.717) is 25.2 Å². The van der Waals surface area contributed by atoms with Gasteiger partial charge in [0.15, 0.2) is 0 Å². The molecule has 1 amide bonds. The van der Waals surface area contributed by atoms with E-state index in [1.54, 1.807) is 18.6 Å². The molecule has 1 N–H and O–H groups in total. The second-order valence-electron chi connectivity index (χ2n) is 7.45. The van der Waals surface area contributed by atoms with Crippen LogP contribution in [0.3, 0.4) is 0 Å². The standard InChI is InChI=1S/C21H26N4O3/c26-17-3-2-10-25(15-17)20-6-5-16(13-23-20)21(27)24-11-7-18(8-12-24)28-19-4-1-9-22-14-19/h1,4-6,9,13-14,17-18,26H,2-3,7-8,10-12,15H2/t17-/m0/s1. The van der Waals surface area contributed by atoms with Gasteiger partial charge in [-0.1, -0.05) is 0 Å². The predicted octanol–water partition coefficient (Wildman–Crippen LogP) is 2.12. The summed E-state index contributed by atoms with van der Waals surface area (Å²) in [5.41, 5.74) is 0.605. The van der Waals surface area contributed by atoms with Crippen LogP contribution in [0.2, 0.25) is 0 Å². The number of hydrogen-bond acceptors (Lipinski definition) is 6. The number of aliphatic hydroxyl groups is 1. The van der Waals surface area contributed by atoms with Gasteiger partial charge in [0.25, 0.3) is 5.91 Å². The summed E-state index contributed by atoms with van der Waals surface area (Å²) in [6.45, 7) is 2.83. The highest BCUT2D eigenvalue weighted by Gasteiger charge is 2.25. The molecule has 148 valence electrons. The maximum absolute atomic E-state index is 12.8. The minimum Gasteiger partial charge on any atom is -0.489 e. The van der Waals surface area contributed by atoms with Crippen molar-refractivity contribution in [3.8, 4) is 5.75 Å². The van der Waals surface area contributed by atoms with Crippen molar-refractivity contribution in [2.75, 3.05) is 31.1 Å². The Labute approximate surface area is 165 Å². The van der Waals surface area contributed by atoms with Crippen molar-refractivity contribution in [3.63, 3.8) is 0 Å². The van der Waals surface area contributed by atoms with Gasteiger partial charge in [-0.2, -0.15) is 0 Å². The molecule has 7 nitrogen and oxygen atoms in total. The summed E-state index contributed by atoms with van der Waals surface area (Å²) < 4.78 is 5.94. The molecule has 0 aliphatic carbocycles. The number of pyridine rings is 2. The lowest BCUT2D eigenvalue weighted by molar-refractivity contribution is 0.0594. The molecule has 0 radical (unpaired) electrons. The van der Waals surface area contributed by atoms with E-state index in [0.717, 1.165) is 43.8 Å². The van der Waals surface area contributed by atoms with Crippen molar-refractivity contribution in [3.05, 3.63) is 48.4 Å². The summed E-state index contributed by atoms with van der Waals surface area (Å²) in [5.74, 6) is 1.60. The number of β-amino-alcohol motifs (C(OH)–C–C–N with tert-alkyl or cyclic N) is 1. The molecule has 0 aromatic carbocycles. The van der Waals surface area contributed by atoms with E-state index in [1.165, 1.54) is 0 Å². The van der Waals surface area contributed by atoms with Gasteiger partial charge in [0, 0.05) is 51.4 Å². The molecule has 2 saturated heterocycles. The molecule has 4 rings (SSSR count). The second kappa shape index (κ2) is 8.56. The van der Waals surface area contributed by atoms with Crippen molar-refractivity contribution < 1.29 is 14.6 Å². The Hall–Kier alpha value is -2.67. The van der Waals surface area contributed by atoms with E-state index >= 15 is 0 Å². The van der Waals surface area contributed by atoms with E-state index in [9.17, 15) is 9.90 Å². The number of aliphatic hydroxyl groups excluding tert-OH is 1. The van der Waals surface area contributed by atoms with Gasteiger partial charge >= 0.3 is 0 Å². The molecule has 0 unspecified atom stereocenters. The van der Waals surface area contributed by atoms with Crippen molar-refractivity contribution >= 4 is 11.7 Å². The summed E-state index contributed by atoms with van der Waals surface area (Å²) in [6.07, 6.45) is 8.30. The summed E-state index contributed by atoms with van der Waals surface area (Å²) in [7, 11) is 0. The Morgan fingerprint density at radius 3 is 2.64 bits per heavy atom. The van der Waals surface area contributed by atoms with Gasteiger partial charge in [-0.15, -0.1) is 0 Å². The lowest BCUT2D eigenvalue weighted by Gasteiger charge is -2.32. The smallest absolute Gasteiger partial charge is 0.255 e. The van der Waals surface area contributed by atoms with Gasteiger partial charge in [0.1, 0.15) is 17.7 Å². The van der Waals surface area contributed by atoms with Crippen LogP contribution in [0.15, 0.2) is 42.9 Å². The molecule has 2 aromatic heterocycles. The second-order valence-corrected chi connectivity index (χ2v) is 7.45. The minimum absolute atomic E-state index is 0.0116. The number of ether oxygens (including phenoxy) is 1. The van der Waals surface area contributed by atoms with Gasteiger partial charge < -0.3 is 19.6 Å². The first kappa shape index (κ1) is 18.7. The van der Waals surface area contributed by atoms with Crippen LogP contribution >= 0.6 is 0 Å². The Kier molecular flexibility index (Phi) is 5.71. The zero-order chi connectivity index (χ0) is 19.3. The number of rotatable bonds is 4. The van der Waals surface area contributed by atoms with Crippen molar-refractivity contribution in [2.45, 2.75) is 37.9 Å². The molecular weight excluding hydrogens is 356 g/mol. The first-order valence-corrected chi connectivity index (χ1v) is 9.94. The van der Waals surface area contributed by atoms with Crippen molar-refractivity contribution in [1.29, 1.82) is 0 Å². The van der Waals surface area contributed by atoms with Gasteiger partial charge in [-0.25, -0.2) is 4.98 Å². The Morgan fingerprint density at radius 2 is 1.96 bits per heavy atom.